The number of benzene rings is 2. The van der Waals surface area contributed by atoms with Crippen molar-refractivity contribution in [2.24, 2.45) is 5.92 Å². The number of carbonyl (C=O) groups is 1. The number of carbonyl (C=O) groups excluding carboxylic acids is 1. The van der Waals surface area contributed by atoms with Crippen LogP contribution in [0.5, 0.6) is 0 Å². The highest BCUT2D eigenvalue weighted by atomic mass is 35.5. The van der Waals surface area contributed by atoms with Gasteiger partial charge in [-0.25, -0.2) is 12.7 Å². The van der Waals surface area contributed by atoms with Gasteiger partial charge in [-0.2, -0.15) is 0 Å². The maximum absolute atomic E-state index is 12.7. The van der Waals surface area contributed by atoms with Gasteiger partial charge in [-0.05, 0) is 36.1 Å². The number of hydrogen-bond donors (Lipinski definition) is 1. The average Bonchev–Trinajstić information content (AvgIpc) is 2.76. The highest BCUT2D eigenvalue weighted by molar-refractivity contribution is 7.88. The highest BCUT2D eigenvalue weighted by Gasteiger charge is 2.31. The molecule has 0 unspecified atom stereocenters. The molecule has 3 rings (SSSR count). The van der Waals surface area contributed by atoms with E-state index in [2.05, 4.69) is 5.32 Å². The third-order valence-electron chi connectivity index (χ3n) is 5.21. The number of nitrogens with one attached hydrogen (secondary N) is 1. The Labute approximate surface area is 193 Å². The second kappa shape index (κ2) is 11.3. The molecular formula is C22H26Cl2N2O4S. The summed E-state index contributed by atoms with van der Waals surface area (Å²) >= 11 is 11.9. The van der Waals surface area contributed by atoms with Gasteiger partial charge in [0.15, 0.2) is 0 Å². The van der Waals surface area contributed by atoms with Gasteiger partial charge in [0.25, 0.3) is 0 Å². The average molecular weight is 485 g/mol. The molecule has 1 saturated heterocycles. The van der Waals surface area contributed by atoms with Gasteiger partial charge in [-0.15, -0.1) is 0 Å². The minimum Gasteiger partial charge on any atom is -0.375 e. The van der Waals surface area contributed by atoms with Crippen molar-refractivity contribution in [2.45, 2.75) is 25.2 Å². The first kappa shape index (κ1) is 24.0. The fourth-order valence-corrected chi connectivity index (χ4v) is 5.35. The fraction of sp³-hybridized carbons (Fsp3) is 0.409. The maximum atomic E-state index is 12.7. The van der Waals surface area contributed by atoms with E-state index in [1.165, 1.54) is 4.31 Å². The van der Waals surface area contributed by atoms with Crippen LogP contribution < -0.4 is 5.32 Å². The van der Waals surface area contributed by atoms with Crippen molar-refractivity contribution in [2.75, 3.05) is 26.2 Å². The van der Waals surface area contributed by atoms with E-state index < -0.39 is 10.0 Å². The number of nitrogens with zero attached hydrogens (tertiary/aromatic N) is 1. The van der Waals surface area contributed by atoms with Crippen LogP contribution in [0.2, 0.25) is 10.0 Å². The molecule has 1 aliphatic rings. The SMILES string of the molecule is O=C(NCCOCc1ccccc1)C1CCN(S(=O)(=O)Cc2ccc(Cl)c(Cl)c2)CC1. The van der Waals surface area contributed by atoms with Gasteiger partial charge >= 0.3 is 0 Å². The van der Waals surface area contributed by atoms with Crippen LogP contribution in [0.15, 0.2) is 48.5 Å². The number of sulfonamides is 1. The minimum atomic E-state index is -3.49. The molecule has 0 spiro atoms. The van der Waals surface area contributed by atoms with Crippen molar-refractivity contribution in [3.63, 3.8) is 0 Å². The van der Waals surface area contributed by atoms with Crippen molar-refractivity contribution in [1.82, 2.24) is 9.62 Å². The first-order chi connectivity index (χ1) is 14.8. The molecule has 0 bridgehead atoms. The van der Waals surface area contributed by atoms with Crippen LogP contribution in [0.25, 0.3) is 0 Å². The van der Waals surface area contributed by atoms with Gasteiger partial charge in [0.2, 0.25) is 15.9 Å². The van der Waals surface area contributed by atoms with E-state index in [1.54, 1.807) is 18.2 Å². The molecule has 0 aliphatic carbocycles. The van der Waals surface area contributed by atoms with Crippen LogP contribution in [-0.2, 0) is 31.9 Å². The number of piperidine rings is 1. The van der Waals surface area contributed by atoms with Crippen LogP contribution in [-0.4, -0.2) is 44.9 Å². The quantitative estimate of drug-likeness (QED) is 0.548. The summed E-state index contributed by atoms with van der Waals surface area (Å²) in [6.45, 7) is 2.02. The minimum absolute atomic E-state index is 0.0511. The van der Waals surface area contributed by atoms with Gasteiger partial charge in [0, 0.05) is 25.6 Å². The summed E-state index contributed by atoms with van der Waals surface area (Å²) in [4.78, 5) is 12.4. The van der Waals surface area contributed by atoms with E-state index in [4.69, 9.17) is 27.9 Å². The van der Waals surface area contributed by atoms with Crippen molar-refractivity contribution in [3.05, 3.63) is 69.7 Å². The van der Waals surface area contributed by atoms with Gasteiger partial charge < -0.3 is 10.1 Å². The third kappa shape index (κ3) is 7.19. The van der Waals surface area contributed by atoms with Crippen LogP contribution in [0, 0.1) is 5.92 Å². The molecule has 168 valence electrons. The molecule has 0 saturated carbocycles. The van der Waals surface area contributed by atoms with Crippen molar-refractivity contribution in [3.8, 4) is 0 Å². The summed E-state index contributed by atoms with van der Waals surface area (Å²) in [5, 5.41) is 3.60. The molecule has 2 aromatic carbocycles. The Morgan fingerprint density at radius 2 is 1.74 bits per heavy atom. The van der Waals surface area contributed by atoms with E-state index in [-0.39, 0.29) is 17.6 Å². The van der Waals surface area contributed by atoms with Crippen LogP contribution in [0.4, 0.5) is 0 Å². The molecule has 1 N–H and O–H groups in total. The molecule has 1 heterocycles. The third-order valence-corrected chi connectivity index (χ3v) is 7.80. The zero-order valence-electron chi connectivity index (χ0n) is 17.1. The summed E-state index contributed by atoms with van der Waals surface area (Å²) < 4.78 is 32.5. The van der Waals surface area contributed by atoms with Crippen LogP contribution in [0.1, 0.15) is 24.0 Å². The standard InChI is InChI=1S/C22H26Cl2N2O4S/c23-20-7-6-18(14-21(20)24)16-31(28,29)26-11-8-19(9-12-26)22(27)25-10-13-30-15-17-4-2-1-3-5-17/h1-7,14,19H,8-13,15-16H2,(H,25,27). The Kier molecular flexibility index (Phi) is 8.75. The molecular weight excluding hydrogens is 459 g/mol. The van der Waals surface area contributed by atoms with Crippen molar-refractivity contribution < 1.29 is 17.9 Å². The van der Waals surface area contributed by atoms with E-state index in [0.717, 1.165) is 5.56 Å². The molecule has 1 fully saturated rings. The maximum Gasteiger partial charge on any atom is 0.223 e. The number of halogens is 2. The Bertz CT molecular complexity index is 978. The zero-order valence-corrected chi connectivity index (χ0v) is 19.4. The van der Waals surface area contributed by atoms with E-state index in [9.17, 15) is 13.2 Å². The van der Waals surface area contributed by atoms with Crippen molar-refractivity contribution >= 4 is 39.1 Å². The predicted octanol–water partition coefficient (Wildman–Crippen LogP) is 3.87. The predicted molar refractivity (Wildman–Crippen MR) is 122 cm³/mol. The summed E-state index contributed by atoms with van der Waals surface area (Å²) in [6.07, 6.45) is 0.995. The summed E-state index contributed by atoms with van der Waals surface area (Å²) in [5.41, 5.74) is 1.67. The lowest BCUT2D eigenvalue weighted by atomic mass is 9.97. The lowest BCUT2D eigenvalue weighted by molar-refractivity contribution is -0.126. The fourth-order valence-electron chi connectivity index (χ4n) is 3.48. The van der Waals surface area contributed by atoms with Gasteiger partial charge in [0.1, 0.15) is 0 Å². The molecule has 0 aromatic heterocycles. The molecule has 6 nitrogen and oxygen atoms in total. The Hall–Kier alpha value is -1.64. The van der Waals surface area contributed by atoms with Gasteiger partial charge in [-0.1, -0.05) is 59.6 Å². The van der Waals surface area contributed by atoms with Crippen molar-refractivity contribution in [1.29, 1.82) is 0 Å². The summed E-state index contributed by atoms with van der Waals surface area (Å²) in [6, 6.07) is 14.7. The molecule has 1 aliphatic heterocycles. The summed E-state index contributed by atoms with van der Waals surface area (Å²) in [5.74, 6) is -0.380. The first-order valence-electron chi connectivity index (χ1n) is 10.2. The molecule has 2 aromatic rings. The molecule has 0 atom stereocenters. The molecule has 1 amide bonds. The monoisotopic (exact) mass is 484 g/mol. The second-order valence-electron chi connectivity index (χ2n) is 7.51. The molecule has 9 heteroatoms. The summed E-state index contributed by atoms with van der Waals surface area (Å²) in [7, 11) is -3.49. The Balaban J connectivity index is 1.38. The first-order valence-corrected chi connectivity index (χ1v) is 12.5. The normalized spacial score (nSPS) is 15.7. The number of rotatable bonds is 9. The van der Waals surface area contributed by atoms with Crippen LogP contribution >= 0.6 is 23.2 Å². The van der Waals surface area contributed by atoms with Crippen LogP contribution in [0.3, 0.4) is 0 Å². The van der Waals surface area contributed by atoms with E-state index >= 15 is 0 Å². The lowest BCUT2D eigenvalue weighted by Gasteiger charge is -2.30. The largest absolute Gasteiger partial charge is 0.375 e. The van der Waals surface area contributed by atoms with Gasteiger partial charge in [0.05, 0.1) is 29.0 Å². The lowest BCUT2D eigenvalue weighted by Crippen LogP contribution is -2.43. The van der Waals surface area contributed by atoms with E-state index in [1.807, 2.05) is 30.3 Å². The zero-order chi connectivity index (χ0) is 22.3. The number of amides is 1. The number of ether oxygens (including phenoxy) is 1. The Morgan fingerprint density at radius 3 is 2.42 bits per heavy atom. The van der Waals surface area contributed by atoms with Gasteiger partial charge in [-0.3, -0.25) is 4.79 Å². The highest BCUT2D eigenvalue weighted by Crippen LogP contribution is 2.26. The topological polar surface area (TPSA) is 75.7 Å². The van der Waals surface area contributed by atoms with E-state index in [0.29, 0.717) is 61.3 Å². The second-order valence-corrected chi connectivity index (χ2v) is 10.3. The number of hydrogen-bond acceptors (Lipinski definition) is 4. The molecule has 0 radical (unpaired) electrons. The smallest absolute Gasteiger partial charge is 0.223 e. The Morgan fingerprint density at radius 1 is 1.03 bits per heavy atom. The molecule has 31 heavy (non-hydrogen) atoms.